The molecule has 3 rings (SSSR count). The molecule has 0 atom stereocenters. The topological polar surface area (TPSA) is 30.2 Å². The van der Waals surface area contributed by atoms with Crippen molar-refractivity contribution in [3.8, 4) is 11.1 Å². The van der Waals surface area contributed by atoms with E-state index < -0.39 is 0 Å². The molecule has 0 fully saturated rings. The maximum absolute atomic E-state index is 13.4. The summed E-state index contributed by atoms with van der Waals surface area (Å²) in [4.78, 5) is 4.54. The van der Waals surface area contributed by atoms with E-state index in [2.05, 4.69) is 10.1 Å². The van der Waals surface area contributed by atoms with Crippen molar-refractivity contribution >= 4 is 5.65 Å². The Bertz CT molecular complexity index is 774. The summed E-state index contributed by atoms with van der Waals surface area (Å²) in [6.07, 6.45) is 0. The van der Waals surface area contributed by atoms with Crippen molar-refractivity contribution in [3.05, 3.63) is 53.2 Å². The van der Waals surface area contributed by atoms with Gasteiger partial charge in [0.2, 0.25) is 0 Å². The van der Waals surface area contributed by atoms with Crippen LogP contribution >= 0.6 is 0 Å². The lowest BCUT2D eigenvalue weighted by atomic mass is 10.1. The highest BCUT2D eigenvalue weighted by molar-refractivity contribution is 5.80. The molecule has 3 nitrogen and oxygen atoms in total. The zero-order valence-corrected chi connectivity index (χ0v) is 11.1. The van der Waals surface area contributed by atoms with Gasteiger partial charge in [-0.1, -0.05) is 12.1 Å². The molecule has 3 aromatic rings. The molecule has 0 aliphatic heterocycles. The Morgan fingerprint density at radius 2 is 1.89 bits per heavy atom. The standard InChI is InChI=1S/C15H14FN3/c1-9-7-10(2)19-15(17-9)14(11(3)18-19)12-5-4-6-13(16)8-12/h4-8H,1-3H3. The molecule has 0 spiro atoms. The number of halogens is 1. The first-order valence-electron chi connectivity index (χ1n) is 6.16. The molecule has 4 heteroatoms. The minimum atomic E-state index is -0.249. The summed E-state index contributed by atoms with van der Waals surface area (Å²) >= 11 is 0. The number of aromatic nitrogens is 3. The van der Waals surface area contributed by atoms with E-state index in [4.69, 9.17) is 0 Å². The lowest BCUT2D eigenvalue weighted by molar-refractivity contribution is 0.628. The zero-order valence-electron chi connectivity index (χ0n) is 11.1. The molecule has 0 bridgehead atoms. The van der Waals surface area contributed by atoms with Gasteiger partial charge in [0.05, 0.1) is 5.69 Å². The molecule has 1 aromatic carbocycles. The van der Waals surface area contributed by atoms with E-state index in [0.29, 0.717) is 0 Å². The Morgan fingerprint density at radius 3 is 2.63 bits per heavy atom. The van der Waals surface area contributed by atoms with Crippen LogP contribution < -0.4 is 0 Å². The highest BCUT2D eigenvalue weighted by atomic mass is 19.1. The summed E-state index contributed by atoms with van der Waals surface area (Å²) in [6.45, 7) is 5.86. The van der Waals surface area contributed by atoms with Gasteiger partial charge in [-0.2, -0.15) is 5.10 Å². The minimum absolute atomic E-state index is 0.249. The van der Waals surface area contributed by atoms with Crippen LogP contribution in [0.5, 0.6) is 0 Å². The van der Waals surface area contributed by atoms with E-state index >= 15 is 0 Å². The van der Waals surface area contributed by atoms with Crippen molar-refractivity contribution in [2.45, 2.75) is 20.8 Å². The molecular formula is C15H14FN3. The highest BCUT2D eigenvalue weighted by Crippen LogP contribution is 2.28. The summed E-state index contributed by atoms with van der Waals surface area (Å²) in [5.74, 6) is -0.249. The Kier molecular flexibility index (Phi) is 2.59. The van der Waals surface area contributed by atoms with Gasteiger partial charge in [0.1, 0.15) is 5.82 Å². The molecule has 96 valence electrons. The van der Waals surface area contributed by atoms with Crippen molar-refractivity contribution < 1.29 is 4.39 Å². The average molecular weight is 255 g/mol. The summed E-state index contributed by atoms with van der Waals surface area (Å²) in [6, 6.07) is 8.52. The summed E-state index contributed by atoms with van der Waals surface area (Å²) in [5.41, 5.74) is 5.29. The lowest BCUT2D eigenvalue weighted by Gasteiger charge is -2.03. The largest absolute Gasteiger partial charge is 0.233 e. The van der Waals surface area contributed by atoms with E-state index in [1.54, 1.807) is 6.07 Å². The van der Waals surface area contributed by atoms with Gasteiger partial charge in [-0.3, -0.25) is 0 Å². The van der Waals surface area contributed by atoms with Crippen LogP contribution in [-0.4, -0.2) is 14.6 Å². The van der Waals surface area contributed by atoms with Crippen molar-refractivity contribution in [1.29, 1.82) is 0 Å². The Hall–Kier alpha value is -2.23. The van der Waals surface area contributed by atoms with E-state index in [0.717, 1.165) is 33.9 Å². The van der Waals surface area contributed by atoms with Gasteiger partial charge >= 0.3 is 0 Å². The van der Waals surface area contributed by atoms with Gasteiger partial charge in [-0.15, -0.1) is 0 Å². The third kappa shape index (κ3) is 1.89. The maximum atomic E-state index is 13.4. The number of rotatable bonds is 1. The minimum Gasteiger partial charge on any atom is -0.233 e. The number of benzene rings is 1. The fraction of sp³-hybridized carbons (Fsp3) is 0.200. The summed E-state index contributed by atoms with van der Waals surface area (Å²) < 4.78 is 15.2. The molecule has 2 aromatic heterocycles. The molecule has 0 aliphatic carbocycles. The first kappa shape index (κ1) is 11.8. The predicted molar refractivity (Wildman–Crippen MR) is 72.6 cm³/mol. The van der Waals surface area contributed by atoms with E-state index in [1.165, 1.54) is 12.1 Å². The normalized spacial score (nSPS) is 11.2. The molecule has 2 heterocycles. The predicted octanol–water partition coefficient (Wildman–Crippen LogP) is 3.46. The quantitative estimate of drug-likeness (QED) is 0.666. The Morgan fingerprint density at radius 1 is 1.11 bits per heavy atom. The lowest BCUT2D eigenvalue weighted by Crippen LogP contribution is -1.97. The molecule has 0 saturated carbocycles. The maximum Gasteiger partial charge on any atom is 0.163 e. The van der Waals surface area contributed by atoms with Crippen LogP contribution in [0, 0.1) is 26.6 Å². The van der Waals surface area contributed by atoms with Gasteiger partial charge in [0.15, 0.2) is 5.65 Å². The number of hydrogen-bond donors (Lipinski definition) is 0. The molecule has 0 aliphatic rings. The van der Waals surface area contributed by atoms with E-state index in [-0.39, 0.29) is 5.82 Å². The second-order valence-corrected chi connectivity index (χ2v) is 4.75. The Labute approximate surface area is 110 Å². The van der Waals surface area contributed by atoms with Crippen molar-refractivity contribution in [2.24, 2.45) is 0 Å². The van der Waals surface area contributed by atoms with Crippen molar-refractivity contribution in [1.82, 2.24) is 14.6 Å². The number of nitrogens with zero attached hydrogens (tertiary/aromatic N) is 3. The van der Waals surface area contributed by atoms with Gasteiger partial charge < -0.3 is 0 Å². The number of aryl methyl sites for hydroxylation is 3. The molecule has 0 saturated heterocycles. The molecule has 0 radical (unpaired) electrons. The molecule has 0 N–H and O–H groups in total. The van der Waals surface area contributed by atoms with Crippen LogP contribution in [0.25, 0.3) is 16.8 Å². The highest BCUT2D eigenvalue weighted by Gasteiger charge is 2.14. The van der Waals surface area contributed by atoms with Crippen LogP contribution in [0.3, 0.4) is 0 Å². The number of fused-ring (bicyclic) bond motifs is 1. The van der Waals surface area contributed by atoms with Crippen LogP contribution in [0.15, 0.2) is 30.3 Å². The van der Waals surface area contributed by atoms with Gasteiger partial charge in [0.25, 0.3) is 0 Å². The number of hydrogen-bond acceptors (Lipinski definition) is 2. The second-order valence-electron chi connectivity index (χ2n) is 4.75. The molecule has 0 unspecified atom stereocenters. The second kappa shape index (κ2) is 4.16. The summed E-state index contributed by atoms with van der Waals surface area (Å²) in [7, 11) is 0. The Balaban J connectivity index is 2.38. The smallest absolute Gasteiger partial charge is 0.163 e. The summed E-state index contributed by atoms with van der Waals surface area (Å²) in [5, 5.41) is 4.49. The van der Waals surface area contributed by atoms with Crippen LogP contribution in [-0.2, 0) is 0 Å². The third-order valence-electron chi connectivity index (χ3n) is 3.18. The molecule has 0 amide bonds. The van der Waals surface area contributed by atoms with Gasteiger partial charge in [-0.25, -0.2) is 13.9 Å². The average Bonchev–Trinajstić information content (AvgIpc) is 2.66. The zero-order chi connectivity index (χ0) is 13.6. The first-order chi connectivity index (χ1) is 9.06. The van der Waals surface area contributed by atoms with Crippen molar-refractivity contribution in [2.75, 3.05) is 0 Å². The fourth-order valence-corrected chi connectivity index (χ4v) is 2.41. The fourth-order valence-electron chi connectivity index (χ4n) is 2.41. The van der Waals surface area contributed by atoms with Crippen LogP contribution in [0.4, 0.5) is 4.39 Å². The molecular weight excluding hydrogens is 241 g/mol. The van der Waals surface area contributed by atoms with Crippen LogP contribution in [0.1, 0.15) is 17.1 Å². The van der Waals surface area contributed by atoms with Gasteiger partial charge in [0, 0.05) is 17.0 Å². The van der Waals surface area contributed by atoms with Crippen molar-refractivity contribution in [3.63, 3.8) is 0 Å². The van der Waals surface area contributed by atoms with E-state index in [9.17, 15) is 4.39 Å². The van der Waals surface area contributed by atoms with Gasteiger partial charge in [-0.05, 0) is 44.5 Å². The van der Waals surface area contributed by atoms with E-state index in [1.807, 2.05) is 37.4 Å². The SMILES string of the molecule is Cc1cc(C)n2nc(C)c(-c3cccc(F)c3)c2n1. The third-order valence-corrected chi connectivity index (χ3v) is 3.18. The first-order valence-corrected chi connectivity index (χ1v) is 6.16. The van der Waals surface area contributed by atoms with Crippen LogP contribution in [0.2, 0.25) is 0 Å². The molecule has 19 heavy (non-hydrogen) atoms. The monoisotopic (exact) mass is 255 g/mol.